The van der Waals surface area contributed by atoms with E-state index in [0.717, 1.165) is 61.5 Å². The number of piperazine rings is 1. The molecule has 134 valence electrons. The van der Waals surface area contributed by atoms with Crippen molar-refractivity contribution < 1.29 is 4.79 Å². The molecule has 1 aliphatic heterocycles. The zero-order valence-corrected chi connectivity index (χ0v) is 14.9. The van der Waals surface area contributed by atoms with E-state index >= 15 is 0 Å². The summed E-state index contributed by atoms with van der Waals surface area (Å²) in [7, 11) is 0. The number of anilines is 1. The minimum absolute atomic E-state index is 0.157. The van der Waals surface area contributed by atoms with E-state index in [4.69, 9.17) is 5.73 Å². The first-order valence-corrected chi connectivity index (χ1v) is 10.1. The van der Waals surface area contributed by atoms with Crippen LogP contribution in [0.15, 0.2) is 24.3 Å². The Morgan fingerprint density at radius 2 is 1.40 bits per heavy atom. The average Bonchev–Trinajstić information content (AvgIpc) is 2.61. The van der Waals surface area contributed by atoms with Crippen LogP contribution < -0.4 is 5.73 Å². The van der Waals surface area contributed by atoms with Gasteiger partial charge in [0, 0.05) is 43.5 Å². The maximum absolute atomic E-state index is 12.7. The molecule has 1 saturated heterocycles. The highest BCUT2D eigenvalue weighted by atomic mass is 16.2. The minimum atomic E-state index is 0.157. The zero-order chi connectivity index (χ0) is 17.0. The number of amides is 1. The summed E-state index contributed by atoms with van der Waals surface area (Å²) < 4.78 is 0. The standard InChI is InChI=1S/C21H29N3O/c22-19-3-1-16(2-4-19)21(25)24-7-5-23(6-8-24)20-17-10-14-9-15(12-17)13-18(20)11-14/h1-4,14-15,17-18,20H,5-13,22H2. The maximum atomic E-state index is 12.7. The SMILES string of the molecule is Nc1ccc(C(=O)N2CCN(C3C4CC5CC(C4)CC3C5)CC2)cc1. The van der Waals surface area contributed by atoms with Crippen molar-refractivity contribution in [2.45, 2.75) is 38.1 Å². The number of hydrogen-bond acceptors (Lipinski definition) is 3. The zero-order valence-electron chi connectivity index (χ0n) is 14.9. The predicted octanol–water partition coefficient (Wildman–Crippen LogP) is 2.85. The Kier molecular flexibility index (Phi) is 3.77. The van der Waals surface area contributed by atoms with Crippen molar-refractivity contribution in [3.63, 3.8) is 0 Å². The third-order valence-corrected chi connectivity index (χ3v) is 7.36. The Hall–Kier alpha value is -1.55. The summed E-state index contributed by atoms with van der Waals surface area (Å²) in [5.74, 6) is 4.11. The number of nitrogens with zero attached hydrogens (tertiary/aromatic N) is 2. The van der Waals surface area contributed by atoms with Crippen LogP contribution in [0.3, 0.4) is 0 Å². The molecule has 25 heavy (non-hydrogen) atoms. The summed E-state index contributed by atoms with van der Waals surface area (Å²) in [6, 6.07) is 8.14. The first kappa shape index (κ1) is 15.7. The van der Waals surface area contributed by atoms with E-state index in [9.17, 15) is 4.79 Å². The van der Waals surface area contributed by atoms with E-state index in [0.29, 0.717) is 5.69 Å². The van der Waals surface area contributed by atoms with Gasteiger partial charge in [0.05, 0.1) is 0 Å². The molecule has 0 aromatic heterocycles. The molecule has 5 fully saturated rings. The van der Waals surface area contributed by atoms with Crippen LogP contribution >= 0.6 is 0 Å². The monoisotopic (exact) mass is 339 g/mol. The van der Waals surface area contributed by atoms with Crippen LogP contribution in [0.4, 0.5) is 5.69 Å². The molecule has 0 spiro atoms. The first-order chi connectivity index (χ1) is 12.2. The van der Waals surface area contributed by atoms with Gasteiger partial charge in [0.1, 0.15) is 0 Å². The van der Waals surface area contributed by atoms with E-state index in [1.807, 2.05) is 29.2 Å². The number of rotatable bonds is 2. The molecule has 4 heteroatoms. The van der Waals surface area contributed by atoms with Crippen molar-refractivity contribution in [1.29, 1.82) is 0 Å². The predicted molar refractivity (Wildman–Crippen MR) is 99.2 cm³/mol. The van der Waals surface area contributed by atoms with Crippen molar-refractivity contribution in [1.82, 2.24) is 9.80 Å². The molecule has 6 rings (SSSR count). The summed E-state index contributed by atoms with van der Waals surface area (Å²) in [6.45, 7) is 3.83. The fourth-order valence-electron chi connectivity index (χ4n) is 6.52. The van der Waals surface area contributed by atoms with E-state index in [2.05, 4.69) is 4.90 Å². The largest absolute Gasteiger partial charge is 0.399 e. The van der Waals surface area contributed by atoms with E-state index in [1.165, 1.54) is 32.1 Å². The summed E-state index contributed by atoms with van der Waals surface area (Å²) >= 11 is 0. The van der Waals surface area contributed by atoms with Gasteiger partial charge in [-0.1, -0.05) is 0 Å². The number of nitrogens with two attached hydrogens (primary N) is 1. The van der Waals surface area contributed by atoms with Gasteiger partial charge in [-0.3, -0.25) is 9.69 Å². The third-order valence-electron chi connectivity index (χ3n) is 7.36. The highest BCUT2D eigenvalue weighted by molar-refractivity contribution is 5.94. The van der Waals surface area contributed by atoms with E-state index in [1.54, 1.807) is 0 Å². The molecule has 0 radical (unpaired) electrons. The Labute approximate surface area is 150 Å². The summed E-state index contributed by atoms with van der Waals surface area (Å²) in [5, 5.41) is 0. The number of nitrogen functional groups attached to an aromatic ring is 1. The number of benzene rings is 1. The summed E-state index contributed by atoms with van der Waals surface area (Å²) in [6.07, 6.45) is 7.42. The Balaban J connectivity index is 1.23. The fraction of sp³-hybridized carbons (Fsp3) is 0.667. The second-order valence-electron chi connectivity index (χ2n) is 8.87. The van der Waals surface area contributed by atoms with Gasteiger partial charge >= 0.3 is 0 Å². The molecule has 1 amide bonds. The minimum Gasteiger partial charge on any atom is -0.399 e. The Morgan fingerprint density at radius 1 is 0.840 bits per heavy atom. The van der Waals surface area contributed by atoms with Gasteiger partial charge in [0.25, 0.3) is 5.91 Å². The van der Waals surface area contributed by atoms with Gasteiger partial charge in [0.2, 0.25) is 0 Å². The first-order valence-electron chi connectivity index (χ1n) is 10.1. The van der Waals surface area contributed by atoms with E-state index < -0.39 is 0 Å². The average molecular weight is 339 g/mol. The molecule has 0 unspecified atom stereocenters. The molecule has 0 atom stereocenters. The maximum Gasteiger partial charge on any atom is 0.253 e. The molecule has 4 bridgehead atoms. The molecule has 1 aromatic rings. The Morgan fingerprint density at radius 3 is 1.96 bits per heavy atom. The molecule has 4 nitrogen and oxygen atoms in total. The van der Waals surface area contributed by atoms with Gasteiger partial charge < -0.3 is 10.6 Å². The van der Waals surface area contributed by atoms with Crippen LogP contribution in [0, 0.1) is 23.7 Å². The molecular formula is C21H29N3O. The molecule has 4 saturated carbocycles. The lowest BCUT2D eigenvalue weighted by Crippen LogP contribution is -2.60. The molecule has 1 heterocycles. The topological polar surface area (TPSA) is 49.6 Å². The second kappa shape index (κ2) is 6.01. The van der Waals surface area contributed by atoms with Crippen LogP contribution in [0.2, 0.25) is 0 Å². The van der Waals surface area contributed by atoms with Crippen LogP contribution in [-0.2, 0) is 0 Å². The van der Waals surface area contributed by atoms with Crippen LogP contribution in [0.5, 0.6) is 0 Å². The van der Waals surface area contributed by atoms with Crippen LogP contribution in [-0.4, -0.2) is 47.9 Å². The smallest absolute Gasteiger partial charge is 0.253 e. The summed E-state index contributed by atoms with van der Waals surface area (Å²) in [4.78, 5) is 17.5. The normalized spacial score (nSPS) is 37.4. The fourth-order valence-corrected chi connectivity index (χ4v) is 6.52. The van der Waals surface area contributed by atoms with Gasteiger partial charge in [-0.25, -0.2) is 0 Å². The van der Waals surface area contributed by atoms with Crippen LogP contribution in [0.25, 0.3) is 0 Å². The number of carbonyl (C=O) groups is 1. The van der Waals surface area contributed by atoms with Crippen molar-refractivity contribution in [2.75, 3.05) is 31.9 Å². The van der Waals surface area contributed by atoms with Gasteiger partial charge in [-0.15, -0.1) is 0 Å². The lowest BCUT2D eigenvalue weighted by Gasteiger charge is -2.58. The van der Waals surface area contributed by atoms with E-state index in [-0.39, 0.29) is 5.91 Å². The van der Waals surface area contributed by atoms with Gasteiger partial charge in [0.15, 0.2) is 0 Å². The second-order valence-corrected chi connectivity index (χ2v) is 8.87. The molecule has 4 aliphatic carbocycles. The molecular weight excluding hydrogens is 310 g/mol. The van der Waals surface area contributed by atoms with Gasteiger partial charge in [-0.2, -0.15) is 0 Å². The summed E-state index contributed by atoms with van der Waals surface area (Å²) in [5.41, 5.74) is 7.20. The lowest BCUT2D eigenvalue weighted by molar-refractivity contribution is -0.0743. The highest BCUT2D eigenvalue weighted by Crippen LogP contribution is 2.55. The van der Waals surface area contributed by atoms with Gasteiger partial charge in [-0.05, 0) is 80.0 Å². The molecule has 1 aromatic carbocycles. The Bertz CT molecular complexity index is 620. The van der Waals surface area contributed by atoms with Crippen molar-refractivity contribution in [3.05, 3.63) is 29.8 Å². The molecule has 2 N–H and O–H groups in total. The van der Waals surface area contributed by atoms with Crippen LogP contribution in [0.1, 0.15) is 42.5 Å². The third kappa shape index (κ3) is 2.75. The number of carbonyl (C=O) groups excluding carboxylic acids is 1. The van der Waals surface area contributed by atoms with Crippen molar-refractivity contribution in [2.24, 2.45) is 23.7 Å². The van der Waals surface area contributed by atoms with Crippen molar-refractivity contribution >= 4 is 11.6 Å². The molecule has 5 aliphatic rings. The quantitative estimate of drug-likeness (QED) is 0.843. The number of hydrogen-bond donors (Lipinski definition) is 1. The van der Waals surface area contributed by atoms with Crippen molar-refractivity contribution in [3.8, 4) is 0 Å². The highest BCUT2D eigenvalue weighted by Gasteiger charge is 2.50. The lowest BCUT2D eigenvalue weighted by atomic mass is 9.54.